The van der Waals surface area contributed by atoms with Crippen LogP contribution in [0.25, 0.3) is 0 Å². The van der Waals surface area contributed by atoms with Crippen molar-refractivity contribution in [3.8, 4) is 0 Å². The number of imide groups is 1. The average molecular weight is 344 g/mol. The van der Waals surface area contributed by atoms with E-state index < -0.39 is 23.7 Å². The lowest BCUT2D eigenvalue weighted by molar-refractivity contribution is -0.137. The van der Waals surface area contributed by atoms with Crippen LogP contribution in [0.5, 0.6) is 0 Å². The summed E-state index contributed by atoms with van der Waals surface area (Å²) in [7, 11) is 0. The Labute approximate surface area is 132 Å². The molecule has 2 aromatic heterocycles. The Morgan fingerprint density at radius 2 is 2.09 bits per heavy atom. The fourth-order valence-corrected chi connectivity index (χ4v) is 3.10. The van der Waals surface area contributed by atoms with Gasteiger partial charge in [0.15, 0.2) is 0 Å². The van der Waals surface area contributed by atoms with E-state index in [1.54, 1.807) is 6.07 Å². The Morgan fingerprint density at radius 1 is 1.30 bits per heavy atom. The normalized spacial score (nSPS) is 15.8. The summed E-state index contributed by atoms with van der Waals surface area (Å²) in [6.07, 6.45) is -2.90. The number of alkyl halides is 3. The molecule has 1 N–H and O–H groups in total. The second-order valence-corrected chi connectivity index (χ2v) is 6.00. The first-order valence-corrected chi connectivity index (χ1v) is 7.44. The van der Waals surface area contributed by atoms with Crippen molar-refractivity contribution in [1.29, 1.82) is 0 Å². The molecule has 0 bridgehead atoms. The Bertz CT molecular complexity index is 726. The van der Waals surface area contributed by atoms with Crippen molar-refractivity contribution in [2.24, 2.45) is 0 Å². The molecule has 10 heteroatoms. The van der Waals surface area contributed by atoms with E-state index in [0.717, 1.165) is 27.7 Å². The van der Waals surface area contributed by atoms with E-state index >= 15 is 0 Å². The maximum absolute atomic E-state index is 12.6. The summed E-state index contributed by atoms with van der Waals surface area (Å²) in [6.45, 7) is -0.0629. The second-order valence-electron chi connectivity index (χ2n) is 5.00. The maximum Gasteiger partial charge on any atom is 0.417 e. The van der Waals surface area contributed by atoms with Gasteiger partial charge in [0.1, 0.15) is 6.54 Å². The molecule has 1 aliphatic rings. The third kappa shape index (κ3) is 3.21. The van der Waals surface area contributed by atoms with Crippen LogP contribution in [0.4, 0.5) is 18.0 Å². The van der Waals surface area contributed by atoms with Crippen molar-refractivity contribution in [3.63, 3.8) is 0 Å². The first-order valence-electron chi connectivity index (χ1n) is 6.57. The highest BCUT2D eigenvalue weighted by Crippen LogP contribution is 2.33. The van der Waals surface area contributed by atoms with Crippen LogP contribution in [0.1, 0.15) is 16.1 Å². The second kappa shape index (κ2) is 5.69. The fraction of sp³-hybridized carbons (Fsp3) is 0.308. The molecule has 0 saturated carbocycles. The molecule has 1 saturated heterocycles. The van der Waals surface area contributed by atoms with Gasteiger partial charge in [-0.3, -0.25) is 14.8 Å². The van der Waals surface area contributed by atoms with Crippen LogP contribution in [0.3, 0.4) is 0 Å². The molecule has 0 radical (unpaired) electrons. The number of urea groups is 1. The number of carbonyl (C=O) groups is 2. The number of rotatable bonds is 4. The van der Waals surface area contributed by atoms with Crippen molar-refractivity contribution in [1.82, 2.24) is 20.0 Å². The molecule has 1 aliphatic heterocycles. The van der Waals surface area contributed by atoms with E-state index in [1.165, 1.54) is 11.1 Å². The molecule has 0 aliphatic carbocycles. The molecule has 3 heterocycles. The van der Waals surface area contributed by atoms with Gasteiger partial charge in [-0.1, -0.05) is 0 Å². The fourth-order valence-electron chi connectivity index (χ4n) is 2.22. The standard InChI is InChI=1S/C13H11F3N4O2S/c14-13(15,16)8-3-10(23-7-8)5-20-11(21)6-19(12(20)22)4-9-1-2-17-18-9/h1-3,7H,4-6H2,(H,17,18). The Balaban J connectivity index is 1.69. The van der Waals surface area contributed by atoms with Gasteiger partial charge in [-0.15, -0.1) is 11.3 Å². The summed E-state index contributed by atoms with van der Waals surface area (Å²) in [6, 6.07) is 2.12. The molecule has 6 nitrogen and oxygen atoms in total. The monoisotopic (exact) mass is 344 g/mol. The average Bonchev–Trinajstić information content (AvgIpc) is 3.17. The minimum absolute atomic E-state index is 0.102. The summed E-state index contributed by atoms with van der Waals surface area (Å²) in [5, 5.41) is 7.42. The number of hydrogen-bond acceptors (Lipinski definition) is 4. The van der Waals surface area contributed by atoms with E-state index in [2.05, 4.69) is 10.2 Å². The predicted molar refractivity (Wildman–Crippen MR) is 74.3 cm³/mol. The first-order chi connectivity index (χ1) is 10.8. The quantitative estimate of drug-likeness (QED) is 0.866. The lowest BCUT2D eigenvalue weighted by atomic mass is 10.3. The number of carbonyl (C=O) groups excluding carboxylic acids is 2. The van der Waals surface area contributed by atoms with Gasteiger partial charge in [-0.05, 0) is 12.1 Å². The number of aromatic nitrogens is 2. The van der Waals surface area contributed by atoms with E-state index in [0.29, 0.717) is 10.6 Å². The van der Waals surface area contributed by atoms with Gasteiger partial charge < -0.3 is 4.90 Å². The van der Waals surface area contributed by atoms with E-state index in [9.17, 15) is 22.8 Å². The summed E-state index contributed by atoms with van der Waals surface area (Å²) >= 11 is 0.873. The van der Waals surface area contributed by atoms with Crippen LogP contribution in [-0.2, 0) is 24.1 Å². The van der Waals surface area contributed by atoms with Crippen molar-refractivity contribution in [3.05, 3.63) is 39.8 Å². The summed E-state index contributed by atoms with van der Waals surface area (Å²) in [5.41, 5.74) is -0.102. The van der Waals surface area contributed by atoms with E-state index in [4.69, 9.17) is 0 Å². The largest absolute Gasteiger partial charge is 0.417 e. The van der Waals surface area contributed by atoms with E-state index in [-0.39, 0.29) is 19.6 Å². The molecule has 0 atom stereocenters. The molecule has 122 valence electrons. The van der Waals surface area contributed by atoms with Crippen LogP contribution >= 0.6 is 11.3 Å². The summed E-state index contributed by atoms with van der Waals surface area (Å²) in [5.74, 6) is -0.434. The molecule has 1 fully saturated rings. The molecule has 3 amide bonds. The molecule has 23 heavy (non-hydrogen) atoms. The van der Waals surface area contributed by atoms with Crippen LogP contribution < -0.4 is 0 Å². The lowest BCUT2D eigenvalue weighted by Crippen LogP contribution is -2.32. The Morgan fingerprint density at radius 3 is 2.70 bits per heavy atom. The molecule has 0 aromatic carbocycles. The number of nitrogens with one attached hydrogen (secondary N) is 1. The van der Waals surface area contributed by atoms with Gasteiger partial charge in [0.2, 0.25) is 0 Å². The number of halogens is 3. The zero-order chi connectivity index (χ0) is 16.6. The predicted octanol–water partition coefficient (Wildman–Crippen LogP) is 2.45. The number of hydrogen-bond donors (Lipinski definition) is 1. The number of aromatic amines is 1. The minimum Gasteiger partial charge on any atom is -0.309 e. The van der Waals surface area contributed by atoms with Gasteiger partial charge in [-0.25, -0.2) is 4.79 Å². The summed E-state index contributed by atoms with van der Waals surface area (Å²) < 4.78 is 37.8. The number of nitrogens with zero attached hydrogens (tertiary/aromatic N) is 3. The van der Waals surface area contributed by atoms with Crippen LogP contribution in [0.15, 0.2) is 23.7 Å². The molecular weight excluding hydrogens is 333 g/mol. The van der Waals surface area contributed by atoms with Crippen molar-refractivity contribution in [2.75, 3.05) is 6.54 Å². The highest BCUT2D eigenvalue weighted by Gasteiger charge is 2.37. The lowest BCUT2D eigenvalue weighted by Gasteiger charge is -2.15. The zero-order valence-corrected chi connectivity index (χ0v) is 12.4. The maximum atomic E-state index is 12.6. The van der Waals surface area contributed by atoms with E-state index in [1.807, 2.05) is 0 Å². The molecular formula is C13H11F3N4O2S. The smallest absolute Gasteiger partial charge is 0.309 e. The SMILES string of the molecule is O=C1CN(Cc2ccn[nH]2)C(=O)N1Cc1cc(C(F)(F)F)cs1. The van der Waals surface area contributed by atoms with Gasteiger partial charge in [0.05, 0.1) is 24.3 Å². The molecule has 3 rings (SSSR count). The zero-order valence-electron chi connectivity index (χ0n) is 11.6. The van der Waals surface area contributed by atoms with Crippen LogP contribution in [-0.4, -0.2) is 38.5 Å². The summed E-state index contributed by atoms with van der Waals surface area (Å²) in [4.78, 5) is 26.8. The highest BCUT2D eigenvalue weighted by molar-refractivity contribution is 7.10. The van der Waals surface area contributed by atoms with Crippen molar-refractivity contribution >= 4 is 23.3 Å². The minimum atomic E-state index is -4.43. The Kier molecular flexibility index (Phi) is 3.84. The molecule has 2 aromatic rings. The highest BCUT2D eigenvalue weighted by atomic mass is 32.1. The third-order valence-electron chi connectivity index (χ3n) is 3.34. The molecule has 0 spiro atoms. The number of amides is 3. The van der Waals surface area contributed by atoms with Gasteiger partial charge in [0.25, 0.3) is 5.91 Å². The molecule has 0 unspecified atom stereocenters. The van der Waals surface area contributed by atoms with Gasteiger partial charge >= 0.3 is 12.2 Å². The van der Waals surface area contributed by atoms with Crippen molar-refractivity contribution < 1.29 is 22.8 Å². The van der Waals surface area contributed by atoms with Gasteiger partial charge in [-0.2, -0.15) is 18.3 Å². The van der Waals surface area contributed by atoms with Crippen LogP contribution in [0.2, 0.25) is 0 Å². The topological polar surface area (TPSA) is 69.3 Å². The first kappa shape index (κ1) is 15.5. The number of thiophene rings is 1. The third-order valence-corrected chi connectivity index (χ3v) is 4.26. The Hall–Kier alpha value is -2.36. The van der Waals surface area contributed by atoms with Crippen LogP contribution in [0, 0.1) is 0 Å². The van der Waals surface area contributed by atoms with Crippen molar-refractivity contribution in [2.45, 2.75) is 19.3 Å². The number of H-pyrrole nitrogens is 1. The van der Waals surface area contributed by atoms with Gasteiger partial charge in [0, 0.05) is 16.5 Å².